The van der Waals surface area contributed by atoms with E-state index in [2.05, 4.69) is 15.6 Å². The van der Waals surface area contributed by atoms with E-state index in [0.29, 0.717) is 56.4 Å². The van der Waals surface area contributed by atoms with Crippen LogP contribution in [-0.4, -0.2) is 128 Å². The number of primary amides is 6. The summed E-state index contributed by atoms with van der Waals surface area (Å²) in [5.74, 6) is -7.28. The number of nitrogens with zero attached hydrogens (tertiary/aromatic N) is 5. The first-order chi connectivity index (χ1) is 41.8. The fourth-order valence-electron chi connectivity index (χ4n) is 15.4. The number of benzene rings is 1. The fraction of sp³-hybridized carbons (Fsp3) is 0.629. The number of aromatic nitrogens is 2. The molecule has 15 unspecified atom stereocenters. The number of hydrogen-bond donors (Lipinski definition) is 9. The molecule has 2 aromatic rings. The Morgan fingerprint density at radius 1 is 0.817 bits per heavy atom. The standard InChI is InChI=1S/C62H89N13O14P.ClH.Co.H2O/c1-29-20-39-40(21-30(29)2)75(28-70-39)57-52(84)53(41(27-76)87-57)89-90(85,86)88-31(3)26-69-49(83)18-19-59(8)37(22-46(66)80)56-62(11)61(10,25-48(68)82)36(14-17-45(65)79)51(74-62)33(5)55-60(9,24-47(67)81)34(12-15-43(63)77)38(71-55)23-42-58(6,7)35(13-16-44(64)78)50(72-42)32(4)54(59)73-56;;;/h20-21,23,28,31,34-37,41,52-53,56-57,71,84H,12-19,22,24-27H2,1-11H3,(H2,63,77)(H2,64,78)(H2,65,79)(H2,66,80)(H2,67,81)(H2,68,82)(H,69,83)(H,85,86);1H;;1H2/q-1;;+3;/p-2/b38-23-,50-32-,55-33-;;;. The Labute approximate surface area is 557 Å². The Balaban J connectivity index is 0.00000523. The van der Waals surface area contributed by atoms with E-state index in [-0.39, 0.29) is 112 Å². The summed E-state index contributed by atoms with van der Waals surface area (Å²) in [7, 11) is -5.35. The molecule has 93 heavy (non-hydrogen) atoms. The number of carbonyl (C=O) groups is 7. The molecular weight excluding hydrogens is 1290 g/mol. The number of fused-ring (bicyclic) bond motifs is 7. The molecule has 0 spiro atoms. The van der Waals surface area contributed by atoms with Gasteiger partial charge in [0.2, 0.25) is 41.4 Å². The Morgan fingerprint density at radius 3 is 1.97 bits per heavy atom. The average molecular weight is 1380 g/mol. The largest absolute Gasteiger partial charge is 3.00 e. The van der Waals surface area contributed by atoms with Gasteiger partial charge in [0.25, 0.3) is 7.82 Å². The number of aliphatic hydroxyl groups is 1. The van der Waals surface area contributed by atoms with Crippen LogP contribution in [0.3, 0.4) is 0 Å². The first-order valence-corrected chi connectivity index (χ1v) is 32.0. The Bertz CT molecular complexity index is 3550. The minimum Gasteiger partial charge on any atom is -0.870 e. The molecule has 7 amide bonds. The number of nitrogens with two attached hydrogens (primary N) is 6. The van der Waals surface area contributed by atoms with E-state index in [9.17, 15) is 53.2 Å². The van der Waals surface area contributed by atoms with Gasteiger partial charge < -0.3 is 84.0 Å². The van der Waals surface area contributed by atoms with Gasteiger partial charge in [0.15, 0.2) is 6.23 Å². The van der Waals surface area contributed by atoms with Gasteiger partial charge in [-0.2, -0.15) is 0 Å². The summed E-state index contributed by atoms with van der Waals surface area (Å²) >= 11 is 0. The van der Waals surface area contributed by atoms with Crippen molar-refractivity contribution < 1.29 is 89.3 Å². The van der Waals surface area contributed by atoms with Gasteiger partial charge in [0, 0.05) is 131 Å². The molecule has 15 atom stereocenters. The zero-order valence-corrected chi connectivity index (χ0v) is 57.1. The number of phosphoric ester groups is 1. The maximum Gasteiger partial charge on any atom is 3.00 e. The average Bonchev–Trinajstić information content (AvgIpc) is 1.53. The quantitative estimate of drug-likeness (QED) is 0.0609. The first-order valence-electron chi connectivity index (χ1n) is 30.5. The van der Waals surface area contributed by atoms with Crippen LogP contribution in [0.25, 0.3) is 11.0 Å². The maximum atomic E-state index is 14.3. The number of allylic oxidation sites excluding steroid dienone is 6. The number of phosphoric acid groups is 1. The summed E-state index contributed by atoms with van der Waals surface area (Å²) in [5.41, 5.74) is 37.1. The van der Waals surface area contributed by atoms with Crippen molar-refractivity contribution in [1.29, 1.82) is 0 Å². The van der Waals surface area contributed by atoms with Gasteiger partial charge >= 0.3 is 16.8 Å². The van der Waals surface area contributed by atoms with Crippen LogP contribution in [-0.2, 0) is 68.7 Å². The Morgan fingerprint density at radius 2 is 1.40 bits per heavy atom. The number of carbonyl (C=O) groups excluding carboxylic acids is 7. The molecule has 514 valence electrons. The van der Waals surface area contributed by atoms with Gasteiger partial charge in [-0.3, -0.25) is 53.1 Å². The van der Waals surface area contributed by atoms with Crippen molar-refractivity contribution in [1.82, 2.24) is 20.2 Å². The molecule has 0 aliphatic carbocycles. The first kappa shape index (κ1) is 77.5. The van der Waals surface area contributed by atoms with Crippen LogP contribution < -0.4 is 55.0 Å². The van der Waals surface area contributed by atoms with E-state index < -0.39 is 143 Å². The number of nitrogens with one attached hydrogen (secondary N) is 2. The molecule has 2 saturated heterocycles. The molecule has 6 aliphatic rings. The van der Waals surface area contributed by atoms with E-state index in [1.165, 1.54) is 17.8 Å². The number of amides is 7. The molecule has 1 aromatic heterocycles. The van der Waals surface area contributed by atoms with Crippen LogP contribution in [0, 0.1) is 59.2 Å². The van der Waals surface area contributed by atoms with E-state index in [1.54, 1.807) is 0 Å². The van der Waals surface area contributed by atoms with Crippen molar-refractivity contribution in [2.24, 2.45) is 94.7 Å². The zero-order valence-electron chi connectivity index (χ0n) is 54.4. The minimum absolute atomic E-state index is 0. The van der Waals surface area contributed by atoms with E-state index in [1.807, 2.05) is 87.4 Å². The third-order valence-electron chi connectivity index (χ3n) is 20.6. The number of imidazole rings is 1. The van der Waals surface area contributed by atoms with Gasteiger partial charge in [0.1, 0.15) is 12.2 Å². The SMILES string of the molecule is C/C1=C2N=C(/C=C3\N/C(=C(/C)C4=NC(C)(C5N=C1C(C)(CCC(=O)NCC(C)OP(=O)([O-])OC1C(C[O-])OC(n6cnc7cc(C)c(C)cc76)C1O)C5CC(N)=O)C(C)(CC(N)=O)C4CCC(N)=O)C(C)(CC(N)=O)C3CCC(N)=O)C(C)(C)C/2CCC(N)=O.Cl.[Co+3].[OH-]. The molecule has 16 N–H and O–H groups in total. The van der Waals surface area contributed by atoms with Crippen LogP contribution in [0.4, 0.5) is 0 Å². The fourth-order valence-corrected chi connectivity index (χ4v) is 16.5. The van der Waals surface area contributed by atoms with E-state index in [4.69, 9.17) is 63.2 Å². The van der Waals surface area contributed by atoms with Crippen LogP contribution in [0.5, 0.6) is 0 Å². The van der Waals surface area contributed by atoms with Crippen molar-refractivity contribution in [2.75, 3.05) is 13.2 Å². The third kappa shape index (κ3) is 14.9. The summed E-state index contributed by atoms with van der Waals surface area (Å²) in [6, 6.07) is 2.63. The number of hydrogen-bond acceptors (Lipinski definition) is 20. The number of aliphatic imine (C=N–C) groups is 3. The monoisotopic (exact) mass is 1380 g/mol. The van der Waals surface area contributed by atoms with E-state index in [0.717, 1.165) is 11.1 Å². The maximum absolute atomic E-state index is 14.3. The molecule has 31 heteroatoms. The number of aliphatic hydroxyl groups excluding tert-OH is 1. The van der Waals surface area contributed by atoms with Crippen molar-refractivity contribution in [3.63, 3.8) is 0 Å². The van der Waals surface area contributed by atoms with Crippen molar-refractivity contribution in [3.8, 4) is 0 Å². The van der Waals surface area contributed by atoms with Crippen LogP contribution >= 0.6 is 20.2 Å². The third-order valence-corrected chi connectivity index (χ3v) is 21.7. The zero-order chi connectivity index (χ0) is 66.7. The molecule has 8 rings (SSSR count). The van der Waals surface area contributed by atoms with E-state index >= 15 is 0 Å². The topological polar surface area (TPSA) is 496 Å². The normalized spacial score (nSPS) is 33.1. The second-order valence-corrected chi connectivity index (χ2v) is 28.4. The molecule has 8 bridgehead atoms. The Kier molecular flexibility index (Phi) is 24.2. The van der Waals surface area contributed by atoms with Crippen molar-refractivity contribution >= 4 is 89.7 Å². The summed E-state index contributed by atoms with van der Waals surface area (Å²) < 4.78 is 31.7. The summed E-state index contributed by atoms with van der Waals surface area (Å²) in [6.45, 7) is 18.8. The van der Waals surface area contributed by atoms with Gasteiger partial charge in [0.05, 0.1) is 41.1 Å². The van der Waals surface area contributed by atoms with Crippen LogP contribution in [0.1, 0.15) is 150 Å². The molecular formula is C62H90ClCoN13O15P. The number of rotatable bonds is 26. The summed E-state index contributed by atoms with van der Waals surface area (Å²) in [4.78, 5) is 128. The predicted octanol–water partition coefficient (Wildman–Crippen LogP) is 2.14. The van der Waals surface area contributed by atoms with Crippen molar-refractivity contribution in [2.45, 2.75) is 189 Å². The van der Waals surface area contributed by atoms with Crippen LogP contribution in [0.2, 0.25) is 0 Å². The van der Waals surface area contributed by atoms with Gasteiger partial charge in [-0.05, 0) is 108 Å². The second-order valence-electron chi connectivity index (χ2n) is 27.0. The van der Waals surface area contributed by atoms with Crippen LogP contribution in [0.15, 0.2) is 67.8 Å². The molecule has 0 radical (unpaired) electrons. The van der Waals surface area contributed by atoms with Gasteiger partial charge in [-0.15, -0.1) is 19.0 Å². The van der Waals surface area contributed by atoms with Gasteiger partial charge in [-0.1, -0.05) is 34.6 Å². The number of ether oxygens (including phenoxy) is 1. The molecule has 0 saturated carbocycles. The Hall–Kier alpha value is -6.24. The smallest absolute Gasteiger partial charge is 0.870 e. The predicted molar refractivity (Wildman–Crippen MR) is 338 cm³/mol. The van der Waals surface area contributed by atoms with Gasteiger partial charge in [-0.25, -0.2) is 4.98 Å². The molecule has 6 aliphatic heterocycles. The molecule has 2 fully saturated rings. The molecule has 28 nitrogen and oxygen atoms in total. The number of halogens is 1. The summed E-state index contributed by atoms with van der Waals surface area (Å²) in [6.07, 6.45) is -4.90. The minimum atomic E-state index is -5.35. The molecule has 7 heterocycles. The number of aryl methyl sites for hydroxylation is 2. The second kappa shape index (κ2) is 29.0. The van der Waals surface area contributed by atoms with Crippen molar-refractivity contribution in [3.05, 3.63) is 63.9 Å². The summed E-state index contributed by atoms with van der Waals surface area (Å²) in [5, 5.41) is 30.2. The molecule has 1 aromatic carbocycles.